The van der Waals surface area contributed by atoms with Crippen molar-refractivity contribution in [2.24, 2.45) is 10.7 Å². The molecule has 4 nitrogen and oxygen atoms in total. The van der Waals surface area contributed by atoms with E-state index >= 15 is 0 Å². The second kappa shape index (κ2) is 6.37. The highest BCUT2D eigenvalue weighted by Crippen LogP contribution is 2.03. The monoisotopic (exact) mass is 212 g/mol. The van der Waals surface area contributed by atoms with Crippen molar-refractivity contribution in [3.63, 3.8) is 0 Å². The summed E-state index contributed by atoms with van der Waals surface area (Å²) >= 11 is 1.66. The summed E-state index contributed by atoms with van der Waals surface area (Å²) in [6.07, 6.45) is 3.74. The number of rotatable bonds is 5. The molecule has 0 aliphatic heterocycles. The average molecular weight is 212 g/mol. The molecule has 0 atom stereocenters. The SMILES string of the molecule is CCCN=C(N)NCCc1nccs1. The van der Waals surface area contributed by atoms with E-state index in [4.69, 9.17) is 5.73 Å². The molecule has 0 unspecified atom stereocenters. The van der Waals surface area contributed by atoms with E-state index in [2.05, 4.69) is 22.2 Å². The lowest BCUT2D eigenvalue weighted by Crippen LogP contribution is -2.33. The molecule has 14 heavy (non-hydrogen) atoms. The van der Waals surface area contributed by atoms with Gasteiger partial charge >= 0.3 is 0 Å². The topological polar surface area (TPSA) is 63.3 Å². The van der Waals surface area contributed by atoms with E-state index in [1.807, 2.05) is 11.6 Å². The molecule has 0 bridgehead atoms. The lowest BCUT2D eigenvalue weighted by molar-refractivity contribution is 0.834. The zero-order valence-corrected chi connectivity index (χ0v) is 9.18. The summed E-state index contributed by atoms with van der Waals surface area (Å²) in [5.74, 6) is 0.531. The van der Waals surface area contributed by atoms with Crippen LogP contribution in [0.1, 0.15) is 18.4 Å². The van der Waals surface area contributed by atoms with Crippen molar-refractivity contribution in [2.75, 3.05) is 13.1 Å². The van der Waals surface area contributed by atoms with Crippen LogP contribution in [0.3, 0.4) is 0 Å². The standard InChI is InChI=1S/C9H16N4S/c1-2-4-12-9(10)13-5-3-8-11-6-7-14-8/h6-7H,2-5H2,1H3,(H3,10,12,13). The van der Waals surface area contributed by atoms with E-state index in [1.165, 1.54) is 0 Å². The Balaban J connectivity index is 2.15. The van der Waals surface area contributed by atoms with Crippen LogP contribution < -0.4 is 11.1 Å². The normalized spacial score (nSPS) is 11.6. The fourth-order valence-electron chi connectivity index (χ4n) is 0.962. The van der Waals surface area contributed by atoms with Crippen LogP contribution in [0, 0.1) is 0 Å². The molecule has 0 amide bonds. The molecular formula is C9H16N4S. The second-order valence-corrected chi connectivity index (χ2v) is 3.85. The van der Waals surface area contributed by atoms with E-state index in [-0.39, 0.29) is 0 Å². The molecule has 1 heterocycles. The summed E-state index contributed by atoms with van der Waals surface area (Å²) in [4.78, 5) is 8.30. The van der Waals surface area contributed by atoms with Gasteiger partial charge in [0.15, 0.2) is 5.96 Å². The minimum absolute atomic E-state index is 0.531. The van der Waals surface area contributed by atoms with Gasteiger partial charge in [0, 0.05) is 31.1 Å². The van der Waals surface area contributed by atoms with Gasteiger partial charge in [-0.3, -0.25) is 4.99 Å². The Morgan fingerprint density at radius 1 is 1.71 bits per heavy atom. The van der Waals surface area contributed by atoms with Crippen LogP contribution in [-0.4, -0.2) is 24.0 Å². The first-order valence-electron chi connectivity index (χ1n) is 4.75. The number of nitrogens with zero attached hydrogens (tertiary/aromatic N) is 2. The Bertz CT molecular complexity index is 268. The Morgan fingerprint density at radius 3 is 3.21 bits per heavy atom. The molecule has 1 aromatic rings. The van der Waals surface area contributed by atoms with Crippen LogP contribution in [0.2, 0.25) is 0 Å². The fraction of sp³-hybridized carbons (Fsp3) is 0.556. The summed E-state index contributed by atoms with van der Waals surface area (Å²) in [5.41, 5.74) is 5.62. The van der Waals surface area contributed by atoms with Crippen LogP contribution in [0.5, 0.6) is 0 Å². The first-order valence-corrected chi connectivity index (χ1v) is 5.63. The quantitative estimate of drug-likeness (QED) is 0.565. The molecule has 0 saturated heterocycles. The molecule has 0 aliphatic rings. The Kier molecular flexibility index (Phi) is 4.99. The molecule has 78 valence electrons. The third-order valence-electron chi connectivity index (χ3n) is 1.63. The zero-order valence-electron chi connectivity index (χ0n) is 8.36. The van der Waals surface area contributed by atoms with E-state index in [0.717, 1.165) is 30.9 Å². The van der Waals surface area contributed by atoms with Gasteiger partial charge in [0.1, 0.15) is 0 Å². The Labute approximate surface area is 88.3 Å². The molecule has 3 N–H and O–H groups in total. The molecule has 0 fully saturated rings. The maximum atomic E-state index is 5.62. The number of aliphatic imine (C=N–C) groups is 1. The number of thiazole rings is 1. The highest BCUT2D eigenvalue weighted by atomic mass is 32.1. The number of guanidine groups is 1. The highest BCUT2D eigenvalue weighted by Gasteiger charge is 1.95. The lowest BCUT2D eigenvalue weighted by Gasteiger charge is -2.03. The minimum atomic E-state index is 0.531. The predicted molar refractivity (Wildman–Crippen MR) is 60.6 cm³/mol. The summed E-state index contributed by atoms with van der Waals surface area (Å²) < 4.78 is 0. The van der Waals surface area contributed by atoms with Crippen molar-refractivity contribution in [3.8, 4) is 0 Å². The van der Waals surface area contributed by atoms with E-state index in [9.17, 15) is 0 Å². The maximum Gasteiger partial charge on any atom is 0.188 e. The molecule has 5 heteroatoms. The Hall–Kier alpha value is -1.10. The first kappa shape index (κ1) is 11.0. The summed E-state index contributed by atoms with van der Waals surface area (Å²) in [6.45, 7) is 3.66. The van der Waals surface area contributed by atoms with Gasteiger partial charge < -0.3 is 11.1 Å². The molecule has 1 rings (SSSR count). The van der Waals surface area contributed by atoms with Crippen molar-refractivity contribution in [1.82, 2.24) is 10.3 Å². The number of hydrogen-bond acceptors (Lipinski definition) is 3. The number of hydrogen-bond donors (Lipinski definition) is 2. The van der Waals surface area contributed by atoms with Crippen molar-refractivity contribution < 1.29 is 0 Å². The average Bonchev–Trinajstić information content (AvgIpc) is 2.67. The maximum absolute atomic E-state index is 5.62. The van der Waals surface area contributed by atoms with E-state index in [1.54, 1.807) is 11.3 Å². The molecule has 0 radical (unpaired) electrons. The number of nitrogens with one attached hydrogen (secondary N) is 1. The lowest BCUT2D eigenvalue weighted by atomic mass is 10.4. The van der Waals surface area contributed by atoms with Gasteiger partial charge in [0.25, 0.3) is 0 Å². The summed E-state index contributed by atoms with van der Waals surface area (Å²) in [7, 11) is 0. The van der Waals surface area contributed by atoms with Crippen LogP contribution >= 0.6 is 11.3 Å². The first-order chi connectivity index (χ1) is 6.83. The fourth-order valence-corrected chi connectivity index (χ4v) is 1.58. The van der Waals surface area contributed by atoms with Gasteiger partial charge in [-0.2, -0.15) is 0 Å². The second-order valence-electron chi connectivity index (χ2n) is 2.87. The zero-order chi connectivity index (χ0) is 10.2. The third kappa shape index (κ3) is 4.23. The summed E-state index contributed by atoms with van der Waals surface area (Å²) in [5, 5.41) is 6.15. The van der Waals surface area contributed by atoms with Crippen molar-refractivity contribution in [2.45, 2.75) is 19.8 Å². The molecule has 0 spiro atoms. The van der Waals surface area contributed by atoms with Crippen LogP contribution in [0.15, 0.2) is 16.6 Å². The van der Waals surface area contributed by atoms with Gasteiger partial charge in [-0.25, -0.2) is 4.98 Å². The van der Waals surface area contributed by atoms with E-state index in [0.29, 0.717) is 5.96 Å². The van der Waals surface area contributed by atoms with Crippen molar-refractivity contribution in [3.05, 3.63) is 16.6 Å². The van der Waals surface area contributed by atoms with Gasteiger partial charge in [-0.05, 0) is 6.42 Å². The van der Waals surface area contributed by atoms with Crippen LogP contribution in [0.4, 0.5) is 0 Å². The predicted octanol–water partition coefficient (Wildman–Crippen LogP) is 1.000. The van der Waals surface area contributed by atoms with Gasteiger partial charge in [0.2, 0.25) is 0 Å². The molecular weight excluding hydrogens is 196 g/mol. The van der Waals surface area contributed by atoms with Gasteiger partial charge in [-0.1, -0.05) is 6.92 Å². The summed E-state index contributed by atoms with van der Waals surface area (Å²) in [6, 6.07) is 0. The third-order valence-corrected chi connectivity index (χ3v) is 2.47. The molecule has 0 aromatic carbocycles. The van der Waals surface area contributed by atoms with Crippen LogP contribution in [-0.2, 0) is 6.42 Å². The smallest absolute Gasteiger partial charge is 0.188 e. The van der Waals surface area contributed by atoms with Crippen molar-refractivity contribution in [1.29, 1.82) is 0 Å². The molecule has 0 saturated carbocycles. The Morgan fingerprint density at radius 2 is 2.57 bits per heavy atom. The molecule has 1 aromatic heterocycles. The molecule has 0 aliphatic carbocycles. The number of nitrogens with two attached hydrogens (primary N) is 1. The van der Waals surface area contributed by atoms with Crippen molar-refractivity contribution >= 4 is 17.3 Å². The number of aromatic nitrogens is 1. The van der Waals surface area contributed by atoms with Gasteiger partial charge in [0.05, 0.1) is 5.01 Å². The van der Waals surface area contributed by atoms with Crippen LogP contribution in [0.25, 0.3) is 0 Å². The van der Waals surface area contributed by atoms with Gasteiger partial charge in [-0.15, -0.1) is 11.3 Å². The van der Waals surface area contributed by atoms with E-state index < -0.39 is 0 Å². The largest absolute Gasteiger partial charge is 0.370 e. The highest BCUT2D eigenvalue weighted by molar-refractivity contribution is 7.09. The minimum Gasteiger partial charge on any atom is -0.370 e.